The number of piperidine rings is 1. The van der Waals surface area contributed by atoms with E-state index < -0.39 is 5.60 Å². The molecule has 2 atom stereocenters. The highest BCUT2D eigenvalue weighted by Crippen LogP contribution is 2.47. The number of nitrogens with zero attached hydrogens (tertiary/aromatic N) is 2. The number of benzene rings is 2. The average Bonchev–Trinajstić information content (AvgIpc) is 3.28. The number of amides is 1. The van der Waals surface area contributed by atoms with Gasteiger partial charge >= 0.3 is 0 Å². The number of carbonyl (C=O) groups is 1. The van der Waals surface area contributed by atoms with Gasteiger partial charge in [0.05, 0.1) is 11.7 Å². The zero-order valence-corrected chi connectivity index (χ0v) is 16.2. The Balaban J connectivity index is 1.33. The van der Waals surface area contributed by atoms with E-state index in [1.54, 1.807) is 12.1 Å². The Morgan fingerprint density at radius 2 is 1.86 bits per heavy atom. The fourth-order valence-corrected chi connectivity index (χ4v) is 5.01. The summed E-state index contributed by atoms with van der Waals surface area (Å²) < 4.78 is 20.8. The van der Waals surface area contributed by atoms with E-state index in [-0.39, 0.29) is 24.0 Å². The molecule has 0 aliphatic carbocycles. The molecule has 3 heterocycles. The first-order chi connectivity index (χ1) is 14.1. The van der Waals surface area contributed by atoms with E-state index in [1.807, 2.05) is 28.0 Å². The first kappa shape index (κ1) is 18.2. The van der Waals surface area contributed by atoms with Gasteiger partial charge in [-0.25, -0.2) is 4.39 Å². The van der Waals surface area contributed by atoms with Gasteiger partial charge in [-0.15, -0.1) is 6.42 Å². The summed E-state index contributed by atoms with van der Waals surface area (Å²) in [5.41, 5.74) is 1.45. The predicted molar refractivity (Wildman–Crippen MR) is 109 cm³/mol. The fourth-order valence-electron chi connectivity index (χ4n) is 5.01. The van der Waals surface area contributed by atoms with Crippen molar-refractivity contribution in [2.45, 2.75) is 43.6 Å². The van der Waals surface area contributed by atoms with Crippen molar-refractivity contribution in [1.29, 1.82) is 0 Å². The molecule has 3 aliphatic heterocycles. The molecule has 5 heteroatoms. The van der Waals surface area contributed by atoms with Gasteiger partial charge in [-0.1, -0.05) is 36.3 Å². The maximum absolute atomic E-state index is 14.5. The Morgan fingerprint density at radius 3 is 2.55 bits per heavy atom. The van der Waals surface area contributed by atoms with Crippen molar-refractivity contribution in [2.24, 2.45) is 0 Å². The van der Waals surface area contributed by atoms with Crippen LogP contribution in [-0.4, -0.2) is 35.7 Å². The molecule has 2 aromatic carbocycles. The van der Waals surface area contributed by atoms with E-state index in [1.165, 1.54) is 6.07 Å². The van der Waals surface area contributed by atoms with E-state index in [9.17, 15) is 9.18 Å². The maximum Gasteiger partial charge on any atom is 0.257 e. The SMILES string of the molecule is C#Cc1ccc(N2CCC3(CC2)O[C@@H]2CC[C@@H](c4ccccc4)N2C3=O)c(F)c1. The van der Waals surface area contributed by atoms with E-state index in [0.717, 1.165) is 18.4 Å². The molecule has 148 valence electrons. The van der Waals surface area contributed by atoms with Crippen LogP contribution in [0.1, 0.15) is 42.9 Å². The molecular weight excluding hydrogens is 367 g/mol. The molecule has 0 aromatic heterocycles. The molecule has 1 amide bonds. The molecule has 1 spiro atoms. The van der Waals surface area contributed by atoms with Crippen molar-refractivity contribution >= 4 is 11.6 Å². The Hall–Kier alpha value is -2.84. The molecule has 3 aliphatic rings. The Labute approximate surface area is 170 Å². The zero-order valence-electron chi connectivity index (χ0n) is 16.2. The summed E-state index contributed by atoms with van der Waals surface area (Å²) in [7, 11) is 0. The van der Waals surface area contributed by atoms with Crippen molar-refractivity contribution < 1.29 is 13.9 Å². The minimum Gasteiger partial charge on any atom is -0.369 e. The third-order valence-corrected chi connectivity index (χ3v) is 6.53. The second-order valence-electron chi connectivity index (χ2n) is 8.08. The molecule has 3 fully saturated rings. The number of halogens is 1. The lowest BCUT2D eigenvalue weighted by Crippen LogP contribution is -2.50. The van der Waals surface area contributed by atoms with Crippen LogP contribution in [0.3, 0.4) is 0 Å². The molecule has 0 N–H and O–H groups in total. The number of hydrogen-bond acceptors (Lipinski definition) is 3. The van der Waals surface area contributed by atoms with Crippen molar-refractivity contribution in [3.8, 4) is 12.3 Å². The van der Waals surface area contributed by atoms with Gasteiger partial charge in [0.25, 0.3) is 5.91 Å². The first-order valence-electron chi connectivity index (χ1n) is 10.2. The topological polar surface area (TPSA) is 32.8 Å². The van der Waals surface area contributed by atoms with Crippen LogP contribution >= 0.6 is 0 Å². The number of fused-ring (bicyclic) bond motifs is 1. The monoisotopic (exact) mass is 390 g/mol. The van der Waals surface area contributed by atoms with Crippen LogP contribution in [0.5, 0.6) is 0 Å². The molecule has 2 aromatic rings. The van der Waals surface area contributed by atoms with Crippen LogP contribution in [0.4, 0.5) is 10.1 Å². The zero-order chi connectivity index (χ0) is 20.0. The maximum atomic E-state index is 14.5. The van der Waals surface area contributed by atoms with Gasteiger partial charge in [0.2, 0.25) is 0 Å². The van der Waals surface area contributed by atoms with Gasteiger partial charge in [0, 0.05) is 31.5 Å². The molecule has 29 heavy (non-hydrogen) atoms. The molecule has 4 nitrogen and oxygen atoms in total. The van der Waals surface area contributed by atoms with Crippen LogP contribution in [0.25, 0.3) is 0 Å². The largest absolute Gasteiger partial charge is 0.369 e. The van der Waals surface area contributed by atoms with Crippen LogP contribution in [0.15, 0.2) is 48.5 Å². The second-order valence-corrected chi connectivity index (χ2v) is 8.08. The Bertz CT molecular complexity index is 976. The van der Waals surface area contributed by atoms with Gasteiger partial charge in [-0.05, 0) is 36.6 Å². The lowest BCUT2D eigenvalue weighted by Gasteiger charge is -2.38. The molecule has 0 bridgehead atoms. The Morgan fingerprint density at radius 1 is 1.10 bits per heavy atom. The van der Waals surface area contributed by atoms with Crippen molar-refractivity contribution in [3.05, 3.63) is 65.5 Å². The molecule has 0 radical (unpaired) electrons. The lowest BCUT2D eigenvalue weighted by molar-refractivity contribution is -0.140. The third-order valence-electron chi connectivity index (χ3n) is 6.53. The number of anilines is 1. The van der Waals surface area contributed by atoms with E-state index in [4.69, 9.17) is 11.2 Å². The van der Waals surface area contributed by atoms with E-state index in [0.29, 0.717) is 37.2 Å². The van der Waals surface area contributed by atoms with Gasteiger partial charge in [-0.3, -0.25) is 4.79 Å². The smallest absolute Gasteiger partial charge is 0.257 e. The Kier molecular flexibility index (Phi) is 4.33. The summed E-state index contributed by atoms with van der Waals surface area (Å²) in [4.78, 5) is 17.4. The third kappa shape index (κ3) is 2.90. The summed E-state index contributed by atoms with van der Waals surface area (Å²) in [6.45, 7) is 1.16. The molecule has 3 saturated heterocycles. The minimum atomic E-state index is -0.774. The van der Waals surface area contributed by atoms with Gasteiger partial charge in [0.1, 0.15) is 12.0 Å². The summed E-state index contributed by atoms with van der Waals surface area (Å²) >= 11 is 0. The highest BCUT2D eigenvalue weighted by Gasteiger charge is 2.57. The van der Waals surface area contributed by atoms with Gasteiger partial charge in [0.15, 0.2) is 5.60 Å². The minimum absolute atomic E-state index is 0.0832. The standard InChI is InChI=1S/C24H23FN2O2/c1-2-17-8-9-21(19(25)16-17)26-14-12-24(13-15-26)23(28)27-20(10-11-22(27)29-24)18-6-4-3-5-7-18/h1,3-9,16,20,22H,10-15H2/t20-,22+/m0/s1. The summed E-state index contributed by atoms with van der Waals surface area (Å²) in [5, 5.41) is 0. The molecule has 5 rings (SSSR count). The average molecular weight is 390 g/mol. The highest BCUT2D eigenvalue weighted by atomic mass is 19.1. The van der Waals surface area contributed by atoms with Crippen LogP contribution in [0.2, 0.25) is 0 Å². The van der Waals surface area contributed by atoms with Crippen LogP contribution < -0.4 is 4.90 Å². The summed E-state index contributed by atoms with van der Waals surface area (Å²) in [6, 6.07) is 15.1. The number of carbonyl (C=O) groups excluding carboxylic acids is 1. The van der Waals surface area contributed by atoms with Crippen molar-refractivity contribution in [3.63, 3.8) is 0 Å². The van der Waals surface area contributed by atoms with Crippen molar-refractivity contribution in [2.75, 3.05) is 18.0 Å². The number of ether oxygens (including phenoxy) is 1. The number of hydrogen-bond donors (Lipinski definition) is 0. The van der Waals surface area contributed by atoms with Crippen LogP contribution in [-0.2, 0) is 9.53 Å². The van der Waals surface area contributed by atoms with Gasteiger partial charge in [-0.2, -0.15) is 0 Å². The van der Waals surface area contributed by atoms with Crippen molar-refractivity contribution in [1.82, 2.24) is 4.90 Å². The first-order valence-corrected chi connectivity index (χ1v) is 10.2. The number of rotatable bonds is 2. The van der Waals surface area contributed by atoms with E-state index >= 15 is 0 Å². The number of terminal acetylenes is 1. The molecular formula is C24H23FN2O2. The highest BCUT2D eigenvalue weighted by molar-refractivity contribution is 5.88. The second kappa shape index (κ2) is 6.89. The van der Waals surface area contributed by atoms with E-state index in [2.05, 4.69) is 18.1 Å². The quantitative estimate of drug-likeness (QED) is 0.730. The summed E-state index contributed by atoms with van der Waals surface area (Å²) in [6.07, 6.45) is 8.12. The fraction of sp³-hybridized carbons (Fsp3) is 0.375. The molecule has 0 saturated carbocycles. The van der Waals surface area contributed by atoms with Gasteiger partial charge < -0.3 is 14.5 Å². The molecule has 0 unspecified atom stereocenters. The summed E-state index contributed by atoms with van der Waals surface area (Å²) in [5.74, 6) is 2.23. The van der Waals surface area contributed by atoms with Crippen LogP contribution in [0, 0.1) is 18.2 Å². The normalized spacial score (nSPS) is 25.3. The lowest BCUT2D eigenvalue weighted by atomic mass is 9.89. The predicted octanol–water partition coefficient (Wildman–Crippen LogP) is 3.87.